The number of benzene rings is 3. The number of carbonyl (C=O) groups excluding carboxylic acids is 1. The van der Waals surface area contributed by atoms with Crippen molar-refractivity contribution >= 4 is 16.9 Å². The lowest BCUT2D eigenvalue weighted by Gasteiger charge is -2.20. The van der Waals surface area contributed by atoms with Crippen LogP contribution in [-0.2, 0) is 18.0 Å². The third-order valence-corrected chi connectivity index (χ3v) is 6.10. The van der Waals surface area contributed by atoms with Crippen molar-refractivity contribution in [2.45, 2.75) is 13.2 Å². The number of esters is 1. The van der Waals surface area contributed by atoms with E-state index in [0.29, 0.717) is 69.5 Å². The van der Waals surface area contributed by atoms with Gasteiger partial charge in [-0.1, -0.05) is 12.1 Å². The number of methoxy groups -OCH3 is 1. The molecule has 0 unspecified atom stereocenters. The number of ether oxygens (including phenoxy) is 5. The van der Waals surface area contributed by atoms with E-state index in [1.54, 1.807) is 18.2 Å². The van der Waals surface area contributed by atoms with E-state index in [1.165, 1.54) is 13.2 Å². The Bertz CT molecular complexity index is 1540. The Morgan fingerprint density at radius 1 is 0.889 bits per heavy atom. The van der Waals surface area contributed by atoms with E-state index in [9.17, 15) is 13.6 Å². The minimum Gasteiger partial charge on any atom is -0.493 e. The Hall–Kier alpha value is -4.40. The van der Waals surface area contributed by atoms with Crippen LogP contribution in [0.25, 0.3) is 22.0 Å². The van der Waals surface area contributed by atoms with Gasteiger partial charge in [0.2, 0.25) is 0 Å². The maximum Gasteiger partial charge on any atom is 0.341 e. The molecule has 3 heterocycles. The average Bonchev–Trinajstić information content (AvgIpc) is 3.27. The number of cyclic esters (lactones) is 1. The summed E-state index contributed by atoms with van der Waals surface area (Å²) in [7, 11) is 1.49. The number of carbonyl (C=O) groups is 1. The molecule has 2 aliphatic rings. The lowest BCUT2D eigenvalue weighted by Crippen LogP contribution is -2.15. The van der Waals surface area contributed by atoms with Crippen molar-refractivity contribution in [2.75, 3.05) is 20.3 Å². The monoisotopic (exact) mass is 491 g/mol. The number of fused-ring (bicyclic) bond motifs is 3. The van der Waals surface area contributed by atoms with Crippen LogP contribution < -0.4 is 18.9 Å². The van der Waals surface area contributed by atoms with Gasteiger partial charge in [-0.25, -0.2) is 18.6 Å². The third-order valence-electron chi connectivity index (χ3n) is 6.10. The first-order valence-electron chi connectivity index (χ1n) is 11.2. The van der Waals surface area contributed by atoms with Crippen molar-refractivity contribution in [2.24, 2.45) is 0 Å². The van der Waals surface area contributed by atoms with Crippen LogP contribution >= 0.6 is 0 Å². The predicted octanol–water partition coefficient (Wildman–Crippen LogP) is 5.21. The quantitative estimate of drug-likeness (QED) is 0.355. The standard InChI is InChI=1S/C27H19F2NO6/c1-32-22-10-16-19(11-24(22)35-12-14-2-4-17(28)18(29)8-14)30-20-13-36-27(31)26(20)25(16)15-3-5-21-23(9-15)34-7-6-33-21/h2-5,8-11H,6-7,12-13H2,1H3. The zero-order chi connectivity index (χ0) is 24.8. The second kappa shape index (κ2) is 8.67. The highest BCUT2D eigenvalue weighted by atomic mass is 19.2. The van der Waals surface area contributed by atoms with E-state index in [4.69, 9.17) is 23.7 Å². The first-order valence-corrected chi connectivity index (χ1v) is 11.2. The van der Waals surface area contributed by atoms with Crippen molar-refractivity contribution in [3.8, 4) is 34.1 Å². The summed E-state index contributed by atoms with van der Waals surface area (Å²) in [5.74, 6) is -0.370. The predicted molar refractivity (Wildman–Crippen MR) is 125 cm³/mol. The molecule has 0 spiro atoms. The summed E-state index contributed by atoms with van der Waals surface area (Å²) in [4.78, 5) is 17.3. The Labute approximate surface area is 204 Å². The number of halogens is 2. The lowest BCUT2D eigenvalue weighted by atomic mass is 9.94. The van der Waals surface area contributed by atoms with Crippen molar-refractivity contribution < 1.29 is 37.3 Å². The lowest BCUT2D eigenvalue weighted by molar-refractivity contribution is 0.0534. The maximum absolute atomic E-state index is 13.6. The second-order valence-electron chi connectivity index (χ2n) is 8.30. The van der Waals surface area contributed by atoms with Crippen molar-refractivity contribution in [1.82, 2.24) is 4.98 Å². The highest BCUT2D eigenvalue weighted by Gasteiger charge is 2.30. The molecule has 0 radical (unpaired) electrons. The molecule has 3 aromatic carbocycles. The normalized spacial score (nSPS) is 13.9. The zero-order valence-corrected chi connectivity index (χ0v) is 19.1. The molecule has 0 amide bonds. The molecule has 0 saturated heterocycles. The summed E-state index contributed by atoms with van der Waals surface area (Å²) in [5, 5.41) is 0.654. The molecule has 0 atom stereocenters. The highest BCUT2D eigenvalue weighted by Crippen LogP contribution is 2.43. The molecule has 9 heteroatoms. The summed E-state index contributed by atoms with van der Waals surface area (Å²) in [6.45, 7) is 0.941. The largest absolute Gasteiger partial charge is 0.493 e. The van der Waals surface area contributed by atoms with Gasteiger partial charge in [-0.2, -0.15) is 0 Å². The van der Waals surface area contributed by atoms with Crippen LogP contribution in [0.15, 0.2) is 48.5 Å². The number of nitrogens with zero attached hydrogens (tertiary/aromatic N) is 1. The molecule has 1 aromatic heterocycles. The SMILES string of the molecule is COc1cc2c(-c3ccc4c(c3)OCCO4)c3c(nc2cc1OCc1ccc(F)c(F)c1)COC3=O. The molecule has 0 fully saturated rings. The van der Waals surface area contributed by atoms with Crippen LogP contribution in [0.1, 0.15) is 21.6 Å². The molecule has 182 valence electrons. The number of pyridine rings is 1. The number of rotatable bonds is 5. The molecule has 0 aliphatic carbocycles. The highest BCUT2D eigenvalue weighted by molar-refractivity contribution is 6.09. The fourth-order valence-corrected chi connectivity index (χ4v) is 4.41. The van der Waals surface area contributed by atoms with Crippen LogP contribution in [0.3, 0.4) is 0 Å². The van der Waals surface area contributed by atoms with E-state index >= 15 is 0 Å². The van der Waals surface area contributed by atoms with Gasteiger partial charge in [-0.3, -0.25) is 0 Å². The number of hydrogen-bond donors (Lipinski definition) is 0. The summed E-state index contributed by atoms with van der Waals surface area (Å²) in [5.41, 5.74) is 3.27. The molecule has 0 bridgehead atoms. The van der Waals surface area contributed by atoms with E-state index < -0.39 is 17.6 Å². The van der Waals surface area contributed by atoms with Gasteiger partial charge in [0, 0.05) is 17.0 Å². The minimum atomic E-state index is -0.951. The number of hydrogen-bond acceptors (Lipinski definition) is 7. The first kappa shape index (κ1) is 22.1. The topological polar surface area (TPSA) is 76.1 Å². The molecule has 0 N–H and O–H groups in total. The third kappa shape index (κ3) is 3.73. The number of aromatic nitrogens is 1. The Kier molecular flexibility index (Phi) is 5.32. The molecule has 0 saturated carbocycles. The van der Waals surface area contributed by atoms with E-state index in [2.05, 4.69) is 4.98 Å². The van der Waals surface area contributed by atoms with Crippen molar-refractivity contribution in [3.05, 3.63) is 77.0 Å². The van der Waals surface area contributed by atoms with Gasteiger partial charge in [0.1, 0.15) is 26.4 Å². The summed E-state index contributed by atoms with van der Waals surface area (Å²) < 4.78 is 55.0. The fraction of sp³-hybridized carbons (Fsp3) is 0.185. The van der Waals surface area contributed by atoms with E-state index in [0.717, 1.165) is 17.7 Å². The van der Waals surface area contributed by atoms with Crippen LogP contribution in [0, 0.1) is 11.6 Å². The van der Waals surface area contributed by atoms with Gasteiger partial charge in [0.15, 0.2) is 34.6 Å². The summed E-state index contributed by atoms with van der Waals surface area (Å²) >= 11 is 0. The van der Waals surface area contributed by atoms with Crippen molar-refractivity contribution in [3.63, 3.8) is 0 Å². The van der Waals surface area contributed by atoms with Crippen LogP contribution in [0.2, 0.25) is 0 Å². The molecule has 7 nitrogen and oxygen atoms in total. The molecule has 2 aliphatic heterocycles. The summed E-state index contributed by atoms with van der Waals surface area (Å²) in [6.07, 6.45) is 0. The van der Waals surface area contributed by atoms with Crippen LogP contribution in [-0.4, -0.2) is 31.3 Å². The Morgan fingerprint density at radius 2 is 1.72 bits per heavy atom. The van der Waals surface area contributed by atoms with Gasteiger partial charge in [0.25, 0.3) is 0 Å². The van der Waals surface area contributed by atoms with Gasteiger partial charge < -0.3 is 23.7 Å². The van der Waals surface area contributed by atoms with Crippen molar-refractivity contribution in [1.29, 1.82) is 0 Å². The second-order valence-corrected chi connectivity index (χ2v) is 8.30. The van der Waals surface area contributed by atoms with Gasteiger partial charge in [-0.05, 0) is 41.5 Å². The first-order chi connectivity index (χ1) is 17.5. The smallest absolute Gasteiger partial charge is 0.341 e. The molecule has 6 rings (SSSR count). The average molecular weight is 491 g/mol. The van der Waals surface area contributed by atoms with Gasteiger partial charge in [0.05, 0.1) is 23.9 Å². The van der Waals surface area contributed by atoms with Gasteiger partial charge in [-0.15, -0.1) is 0 Å². The van der Waals surface area contributed by atoms with E-state index in [1.807, 2.05) is 12.1 Å². The molecular formula is C27H19F2NO6. The molecular weight excluding hydrogens is 472 g/mol. The molecule has 4 aromatic rings. The zero-order valence-electron chi connectivity index (χ0n) is 19.1. The minimum absolute atomic E-state index is 0.0133. The van der Waals surface area contributed by atoms with Crippen LogP contribution in [0.4, 0.5) is 8.78 Å². The Morgan fingerprint density at radius 3 is 2.53 bits per heavy atom. The van der Waals surface area contributed by atoms with Gasteiger partial charge >= 0.3 is 5.97 Å². The molecule has 36 heavy (non-hydrogen) atoms. The Balaban J connectivity index is 1.47. The fourth-order valence-electron chi connectivity index (χ4n) is 4.41. The van der Waals surface area contributed by atoms with Crippen LogP contribution in [0.5, 0.6) is 23.0 Å². The van der Waals surface area contributed by atoms with E-state index in [-0.39, 0.29) is 13.2 Å². The maximum atomic E-state index is 13.6. The summed E-state index contributed by atoms with van der Waals surface area (Å²) in [6, 6.07) is 12.5.